The number of hydrogen-bond donors (Lipinski definition) is 0. The van der Waals surface area contributed by atoms with Gasteiger partial charge in [0.15, 0.2) is 0 Å². The molecule has 145 valence electrons. The number of thiazole rings is 1. The molecule has 4 heterocycles. The van der Waals surface area contributed by atoms with E-state index in [0.29, 0.717) is 12.6 Å². The molecule has 4 aromatic rings. The van der Waals surface area contributed by atoms with Gasteiger partial charge in [0.1, 0.15) is 23.6 Å². The van der Waals surface area contributed by atoms with E-state index in [0.717, 1.165) is 58.5 Å². The number of pyridine rings is 1. The zero-order valence-electron chi connectivity index (χ0n) is 15.6. The van der Waals surface area contributed by atoms with Crippen molar-refractivity contribution in [2.24, 2.45) is 0 Å². The molecule has 0 bridgehead atoms. The molecule has 1 aromatic carbocycles. The smallest absolute Gasteiger partial charge is 0.317 e. The third-order valence-electron chi connectivity index (χ3n) is 4.61. The van der Waals surface area contributed by atoms with Gasteiger partial charge in [0.2, 0.25) is 0 Å². The summed E-state index contributed by atoms with van der Waals surface area (Å²) in [5, 5.41) is 0.849. The summed E-state index contributed by atoms with van der Waals surface area (Å²) in [6.45, 7) is 3.53. The fourth-order valence-electron chi connectivity index (χ4n) is 3.11. The first kappa shape index (κ1) is 18.0. The van der Waals surface area contributed by atoms with E-state index < -0.39 is 0 Å². The molecule has 1 radical (unpaired) electrons. The standard InChI is InChI=1S/C21H18N5O2S/c1-2-4-18-17(3-1)25-20(29-18)16-12-23-21(24-13-16)28-14-15-5-6-22-19(11-15)26-7-9-27-10-8-26/h1-6,11-12H,7-10,14H2. The SMILES string of the molecule is [c]1nc(OCc2ccnc(N3CCOCC3)c2)ncc1-c1nc2ccccc2s1. The number of ether oxygens (including phenoxy) is 2. The van der Waals surface area contributed by atoms with Crippen LogP contribution >= 0.6 is 11.3 Å². The number of rotatable bonds is 5. The van der Waals surface area contributed by atoms with Gasteiger partial charge in [0.25, 0.3) is 0 Å². The molecule has 5 rings (SSSR count). The van der Waals surface area contributed by atoms with Gasteiger partial charge in [-0.15, -0.1) is 11.3 Å². The first-order valence-electron chi connectivity index (χ1n) is 9.36. The Hall–Kier alpha value is -3.10. The van der Waals surface area contributed by atoms with Crippen LogP contribution in [-0.4, -0.2) is 46.2 Å². The number of aromatic nitrogens is 4. The molecule has 0 N–H and O–H groups in total. The van der Waals surface area contributed by atoms with E-state index in [-0.39, 0.29) is 0 Å². The summed E-state index contributed by atoms with van der Waals surface area (Å²) in [6.07, 6.45) is 6.49. The Morgan fingerprint density at radius 1 is 1.14 bits per heavy atom. The van der Waals surface area contributed by atoms with Gasteiger partial charge in [-0.1, -0.05) is 12.1 Å². The second-order valence-electron chi connectivity index (χ2n) is 6.58. The molecule has 0 atom stereocenters. The molecule has 0 saturated carbocycles. The number of fused-ring (bicyclic) bond motifs is 1. The van der Waals surface area contributed by atoms with E-state index in [2.05, 4.69) is 37.1 Å². The third-order valence-corrected chi connectivity index (χ3v) is 5.68. The summed E-state index contributed by atoms with van der Waals surface area (Å²) in [7, 11) is 0. The number of nitrogens with zero attached hydrogens (tertiary/aromatic N) is 5. The predicted octanol–water partition coefficient (Wildman–Crippen LogP) is 3.36. The molecule has 1 saturated heterocycles. The van der Waals surface area contributed by atoms with Crippen molar-refractivity contribution in [1.82, 2.24) is 19.9 Å². The number of morpholine rings is 1. The lowest BCUT2D eigenvalue weighted by Crippen LogP contribution is -2.36. The Kier molecular flexibility index (Phi) is 5.02. The molecule has 0 unspecified atom stereocenters. The van der Waals surface area contributed by atoms with Gasteiger partial charge in [-0.2, -0.15) is 4.98 Å². The Balaban J connectivity index is 1.25. The minimum Gasteiger partial charge on any atom is -0.459 e. The van der Waals surface area contributed by atoms with Crippen molar-refractivity contribution in [1.29, 1.82) is 0 Å². The first-order valence-corrected chi connectivity index (χ1v) is 10.2. The Bertz CT molecular complexity index is 1080. The molecular weight excluding hydrogens is 386 g/mol. The lowest BCUT2D eigenvalue weighted by molar-refractivity contribution is 0.122. The van der Waals surface area contributed by atoms with E-state index >= 15 is 0 Å². The Labute approximate surface area is 172 Å². The molecular formula is C21H18N5O2S. The Morgan fingerprint density at radius 3 is 2.86 bits per heavy atom. The van der Waals surface area contributed by atoms with Crippen molar-refractivity contribution in [2.45, 2.75) is 6.61 Å². The van der Waals surface area contributed by atoms with Crippen molar-refractivity contribution >= 4 is 27.4 Å². The molecule has 1 aliphatic heterocycles. The third kappa shape index (κ3) is 4.03. The molecule has 1 aliphatic rings. The van der Waals surface area contributed by atoms with Crippen molar-refractivity contribution in [2.75, 3.05) is 31.2 Å². The summed E-state index contributed by atoms with van der Waals surface area (Å²) in [5.41, 5.74) is 2.74. The highest BCUT2D eigenvalue weighted by atomic mass is 32.1. The monoisotopic (exact) mass is 404 g/mol. The largest absolute Gasteiger partial charge is 0.459 e. The van der Waals surface area contributed by atoms with E-state index in [4.69, 9.17) is 9.47 Å². The minimum atomic E-state index is 0.291. The van der Waals surface area contributed by atoms with Crippen LogP contribution in [0.15, 0.2) is 48.8 Å². The van der Waals surface area contributed by atoms with Crippen LogP contribution in [0, 0.1) is 6.20 Å². The van der Waals surface area contributed by atoms with Gasteiger partial charge < -0.3 is 14.4 Å². The molecule has 0 spiro atoms. The molecule has 29 heavy (non-hydrogen) atoms. The van der Waals surface area contributed by atoms with Gasteiger partial charge in [-0.3, -0.25) is 0 Å². The molecule has 8 heteroatoms. The fraction of sp³-hybridized carbons (Fsp3) is 0.238. The van der Waals surface area contributed by atoms with E-state index in [1.807, 2.05) is 30.3 Å². The first-order chi connectivity index (χ1) is 14.3. The van der Waals surface area contributed by atoms with Crippen LogP contribution in [0.3, 0.4) is 0 Å². The normalized spacial score (nSPS) is 14.3. The number of para-hydroxylation sites is 1. The maximum Gasteiger partial charge on any atom is 0.317 e. The highest BCUT2D eigenvalue weighted by Gasteiger charge is 2.13. The van der Waals surface area contributed by atoms with E-state index in [1.54, 1.807) is 23.7 Å². The van der Waals surface area contributed by atoms with Crippen molar-refractivity contribution in [3.05, 3.63) is 60.6 Å². The van der Waals surface area contributed by atoms with Crippen LogP contribution in [0.4, 0.5) is 5.82 Å². The summed E-state index contributed by atoms with van der Waals surface area (Å²) in [5.74, 6) is 0.938. The van der Waals surface area contributed by atoms with Crippen LogP contribution in [0.25, 0.3) is 20.8 Å². The minimum absolute atomic E-state index is 0.291. The van der Waals surface area contributed by atoms with Crippen LogP contribution < -0.4 is 9.64 Å². The fourth-order valence-corrected chi connectivity index (χ4v) is 4.03. The van der Waals surface area contributed by atoms with E-state index in [9.17, 15) is 0 Å². The average Bonchev–Trinajstić information content (AvgIpc) is 3.23. The molecule has 1 fully saturated rings. The van der Waals surface area contributed by atoms with Crippen molar-refractivity contribution in [3.63, 3.8) is 0 Å². The average molecular weight is 404 g/mol. The van der Waals surface area contributed by atoms with Crippen LogP contribution in [-0.2, 0) is 11.3 Å². The van der Waals surface area contributed by atoms with Gasteiger partial charge >= 0.3 is 6.01 Å². The maximum absolute atomic E-state index is 5.74. The van der Waals surface area contributed by atoms with Crippen LogP contribution in [0.5, 0.6) is 6.01 Å². The number of benzene rings is 1. The number of hydrogen-bond acceptors (Lipinski definition) is 8. The number of anilines is 1. The highest BCUT2D eigenvalue weighted by Crippen LogP contribution is 2.29. The summed E-state index contributed by atoms with van der Waals surface area (Å²) in [4.78, 5) is 19.8. The van der Waals surface area contributed by atoms with Crippen molar-refractivity contribution in [3.8, 4) is 16.6 Å². The quantitative estimate of drug-likeness (QED) is 0.505. The molecule has 0 aliphatic carbocycles. The molecule has 0 amide bonds. The highest BCUT2D eigenvalue weighted by molar-refractivity contribution is 7.21. The van der Waals surface area contributed by atoms with Gasteiger partial charge in [-0.05, 0) is 29.8 Å². The van der Waals surface area contributed by atoms with Crippen molar-refractivity contribution < 1.29 is 9.47 Å². The predicted molar refractivity (Wildman–Crippen MR) is 111 cm³/mol. The van der Waals surface area contributed by atoms with Gasteiger partial charge in [0, 0.05) is 25.5 Å². The molecule has 3 aromatic heterocycles. The van der Waals surface area contributed by atoms with Crippen LogP contribution in [0.2, 0.25) is 0 Å². The zero-order valence-corrected chi connectivity index (χ0v) is 16.4. The lowest BCUT2D eigenvalue weighted by atomic mass is 10.2. The maximum atomic E-state index is 5.74. The molecule has 7 nitrogen and oxygen atoms in total. The zero-order chi connectivity index (χ0) is 19.5. The topological polar surface area (TPSA) is 73.3 Å². The second-order valence-corrected chi connectivity index (χ2v) is 7.61. The van der Waals surface area contributed by atoms with Gasteiger partial charge in [0.05, 0.1) is 29.0 Å². The summed E-state index contributed by atoms with van der Waals surface area (Å²) >= 11 is 1.60. The van der Waals surface area contributed by atoms with E-state index in [1.165, 1.54) is 0 Å². The summed E-state index contributed by atoms with van der Waals surface area (Å²) in [6, 6.07) is 12.3. The summed E-state index contributed by atoms with van der Waals surface area (Å²) < 4.78 is 12.3. The van der Waals surface area contributed by atoms with Gasteiger partial charge in [-0.25, -0.2) is 15.0 Å². The van der Waals surface area contributed by atoms with Crippen LogP contribution in [0.1, 0.15) is 5.56 Å². The lowest BCUT2D eigenvalue weighted by Gasteiger charge is -2.27. The Morgan fingerprint density at radius 2 is 2.03 bits per heavy atom. The second kappa shape index (κ2) is 8.10.